The summed E-state index contributed by atoms with van der Waals surface area (Å²) in [5, 5.41) is 2.90. The smallest absolute Gasteiger partial charge is 0.234 e. The fraction of sp³-hybridized carbons (Fsp3) is 0.556. The molecular weight excluding hydrogens is 309 g/mol. The van der Waals surface area contributed by atoms with Crippen molar-refractivity contribution in [1.29, 1.82) is 0 Å². The van der Waals surface area contributed by atoms with Gasteiger partial charge in [-0.2, -0.15) is 0 Å². The van der Waals surface area contributed by atoms with Gasteiger partial charge in [0.05, 0.1) is 12.5 Å². The molecule has 0 spiro atoms. The summed E-state index contributed by atoms with van der Waals surface area (Å²) in [6, 6.07) is 6.32. The van der Waals surface area contributed by atoms with Gasteiger partial charge < -0.3 is 10.2 Å². The lowest BCUT2D eigenvalue weighted by molar-refractivity contribution is -0.138. The summed E-state index contributed by atoms with van der Waals surface area (Å²) >= 11 is 0. The van der Waals surface area contributed by atoms with E-state index in [4.69, 9.17) is 0 Å². The zero-order valence-corrected chi connectivity index (χ0v) is 14.0. The van der Waals surface area contributed by atoms with Crippen LogP contribution in [-0.2, 0) is 16.0 Å². The molecule has 2 amide bonds. The Morgan fingerprint density at radius 2 is 2.04 bits per heavy atom. The highest BCUT2D eigenvalue weighted by atomic mass is 19.1. The minimum Gasteiger partial charge on any atom is -0.355 e. The summed E-state index contributed by atoms with van der Waals surface area (Å²) in [7, 11) is 1.85. The van der Waals surface area contributed by atoms with E-state index in [1.165, 1.54) is 12.1 Å². The molecule has 0 aromatic heterocycles. The maximum Gasteiger partial charge on any atom is 0.234 e. The molecule has 2 fully saturated rings. The molecule has 2 aliphatic rings. The van der Waals surface area contributed by atoms with Crippen molar-refractivity contribution in [2.75, 3.05) is 39.8 Å². The summed E-state index contributed by atoms with van der Waals surface area (Å²) < 4.78 is 12.8. The van der Waals surface area contributed by atoms with Crippen LogP contribution >= 0.6 is 0 Å². The van der Waals surface area contributed by atoms with E-state index >= 15 is 0 Å². The van der Waals surface area contributed by atoms with E-state index in [0.29, 0.717) is 32.0 Å². The Morgan fingerprint density at radius 1 is 1.29 bits per heavy atom. The van der Waals surface area contributed by atoms with Crippen molar-refractivity contribution in [2.45, 2.75) is 12.8 Å². The normalized spacial score (nSPS) is 24.1. The molecule has 0 bridgehead atoms. The van der Waals surface area contributed by atoms with Gasteiger partial charge in [-0.25, -0.2) is 4.39 Å². The molecule has 0 radical (unpaired) electrons. The van der Waals surface area contributed by atoms with E-state index in [1.54, 1.807) is 17.0 Å². The van der Waals surface area contributed by atoms with E-state index in [9.17, 15) is 14.0 Å². The number of hydrogen-bond acceptors (Lipinski definition) is 3. The lowest BCUT2D eigenvalue weighted by Gasteiger charge is -2.30. The fourth-order valence-electron chi connectivity index (χ4n) is 3.67. The molecule has 24 heavy (non-hydrogen) atoms. The van der Waals surface area contributed by atoms with Gasteiger partial charge in [0.1, 0.15) is 5.82 Å². The Balaban J connectivity index is 1.41. The minimum atomic E-state index is -0.251. The number of benzene rings is 1. The molecule has 2 saturated heterocycles. The zero-order chi connectivity index (χ0) is 17.1. The van der Waals surface area contributed by atoms with Gasteiger partial charge >= 0.3 is 0 Å². The standard InChI is InChI=1S/C18H24FN3O2/c1-21-9-7-14-10-22(11-16(14)18(21)24)12-17(23)20-8-6-13-2-4-15(19)5-3-13/h2-5,14,16H,6-12H2,1H3,(H,20,23)/t14-,16+/m1/s1. The lowest BCUT2D eigenvalue weighted by Crippen LogP contribution is -2.43. The van der Waals surface area contributed by atoms with Gasteiger partial charge in [0, 0.05) is 33.2 Å². The highest BCUT2D eigenvalue weighted by molar-refractivity contribution is 5.81. The first-order valence-corrected chi connectivity index (χ1v) is 8.51. The first-order chi connectivity index (χ1) is 11.5. The summed E-state index contributed by atoms with van der Waals surface area (Å²) in [5.74, 6) is 0.386. The Hall–Kier alpha value is -1.95. The Bertz CT molecular complexity index is 605. The third-order valence-corrected chi connectivity index (χ3v) is 5.06. The zero-order valence-electron chi connectivity index (χ0n) is 14.0. The van der Waals surface area contributed by atoms with E-state index in [2.05, 4.69) is 10.2 Å². The molecule has 130 valence electrons. The Labute approximate surface area is 141 Å². The summed E-state index contributed by atoms with van der Waals surface area (Å²) in [6.45, 7) is 3.20. The van der Waals surface area contributed by atoms with Crippen LogP contribution < -0.4 is 5.32 Å². The number of halogens is 1. The summed E-state index contributed by atoms with van der Waals surface area (Å²) in [5.41, 5.74) is 0.998. The number of carbonyl (C=O) groups is 2. The van der Waals surface area contributed by atoms with Crippen LogP contribution in [-0.4, -0.2) is 61.4 Å². The van der Waals surface area contributed by atoms with Crippen molar-refractivity contribution in [2.24, 2.45) is 11.8 Å². The van der Waals surface area contributed by atoms with Crippen LogP contribution in [0.3, 0.4) is 0 Å². The maximum absolute atomic E-state index is 12.8. The van der Waals surface area contributed by atoms with E-state index in [0.717, 1.165) is 25.1 Å². The van der Waals surface area contributed by atoms with Gasteiger partial charge in [0.2, 0.25) is 11.8 Å². The number of amides is 2. The number of piperidine rings is 1. The molecule has 6 heteroatoms. The van der Waals surface area contributed by atoms with Crippen LogP contribution in [0.4, 0.5) is 4.39 Å². The van der Waals surface area contributed by atoms with Gasteiger partial charge in [-0.05, 0) is 36.5 Å². The van der Waals surface area contributed by atoms with Gasteiger partial charge in [-0.3, -0.25) is 14.5 Å². The molecule has 5 nitrogen and oxygen atoms in total. The second-order valence-electron chi connectivity index (χ2n) is 6.84. The van der Waals surface area contributed by atoms with Crippen LogP contribution in [0.25, 0.3) is 0 Å². The number of nitrogens with one attached hydrogen (secondary N) is 1. The molecular formula is C18H24FN3O2. The van der Waals surface area contributed by atoms with Crippen LogP contribution in [0.15, 0.2) is 24.3 Å². The molecule has 0 unspecified atom stereocenters. The van der Waals surface area contributed by atoms with E-state index < -0.39 is 0 Å². The molecule has 3 rings (SSSR count). The first-order valence-electron chi connectivity index (χ1n) is 8.51. The molecule has 0 aliphatic carbocycles. The largest absolute Gasteiger partial charge is 0.355 e. The molecule has 1 aromatic carbocycles. The van der Waals surface area contributed by atoms with Gasteiger partial charge in [0.15, 0.2) is 0 Å². The molecule has 1 aromatic rings. The average molecular weight is 333 g/mol. The van der Waals surface area contributed by atoms with Crippen LogP contribution in [0.2, 0.25) is 0 Å². The predicted molar refractivity (Wildman–Crippen MR) is 88.8 cm³/mol. The van der Waals surface area contributed by atoms with Gasteiger partial charge in [-0.1, -0.05) is 12.1 Å². The lowest BCUT2D eigenvalue weighted by atomic mass is 9.88. The van der Waals surface area contributed by atoms with Crippen molar-refractivity contribution >= 4 is 11.8 Å². The third-order valence-electron chi connectivity index (χ3n) is 5.06. The number of rotatable bonds is 5. The van der Waals surface area contributed by atoms with Crippen LogP contribution in [0.1, 0.15) is 12.0 Å². The second kappa shape index (κ2) is 7.30. The van der Waals surface area contributed by atoms with Crippen LogP contribution in [0, 0.1) is 17.7 Å². The number of likely N-dealkylation sites (tertiary alicyclic amines) is 2. The van der Waals surface area contributed by atoms with Gasteiger partial charge in [0.25, 0.3) is 0 Å². The number of fused-ring (bicyclic) bond motifs is 1. The number of hydrogen-bond donors (Lipinski definition) is 1. The molecule has 1 N–H and O–H groups in total. The van der Waals surface area contributed by atoms with E-state index in [-0.39, 0.29) is 23.5 Å². The average Bonchev–Trinajstić information content (AvgIpc) is 2.96. The second-order valence-corrected chi connectivity index (χ2v) is 6.84. The first kappa shape index (κ1) is 16.9. The van der Waals surface area contributed by atoms with Crippen molar-refractivity contribution in [3.8, 4) is 0 Å². The molecule has 2 heterocycles. The highest BCUT2D eigenvalue weighted by Gasteiger charge is 2.41. The van der Waals surface area contributed by atoms with Crippen molar-refractivity contribution in [3.05, 3.63) is 35.6 Å². The number of carbonyl (C=O) groups excluding carboxylic acids is 2. The summed E-state index contributed by atoms with van der Waals surface area (Å²) in [6.07, 6.45) is 1.70. The van der Waals surface area contributed by atoms with Crippen LogP contribution in [0.5, 0.6) is 0 Å². The molecule has 0 saturated carbocycles. The van der Waals surface area contributed by atoms with Crippen molar-refractivity contribution in [1.82, 2.24) is 15.1 Å². The Kier molecular flexibility index (Phi) is 5.14. The molecule has 2 atom stereocenters. The Morgan fingerprint density at radius 3 is 2.79 bits per heavy atom. The number of nitrogens with zero attached hydrogens (tertiary/aromatic N) is 2. The van der Waals surface area contributed by atoms with Crippen molar-refractivity contribution in [3.63, 3.8) is 0 Å². The highest BCUT2D eigenvalue weighted by Crippen LogP contribution is 2.31. The predicted octanol–water partition coefficient (Wildman–Crippen LogP) is 0.895. The quantitative estimate of drug-likeness (QED) is 0.871. The minimum absolute atomic E-state index is 0.0171. The van der Waals surface area contributed by atoms with Gasteiger partial charge in [-0.15, -0.1) is 0 Å². The molecule has 2 aliphatic heterocycles. The summed E-state index contributed by atoms with van der Waals surface area (Å²) in [4.78, 5) is 28.1. The topological polar surface area (TPSA) is 52.6 Å². The third kappa shape index (κ3) is 3.93. The van der Waals surface area contributed by atoms with Crippen molar-refractivity contribution < 1.29 is 14.0 Å². The van der Waals surface area contributed by atoms with E-state index in [1.807, 2.05) is 7.05 Å². The monoisotopic (exact) mass is 333 g/mol. The fourth-order valence-corrected chi connectivity index (χ4v) is 3.67. The SMILES string of the molecule is CN1CC[C@@H]2CN(CC(=O)NCCc3ccc(F)cc3)C[C@@H]2C1=O. The maximum atomic E-state index is 12.8.